The molecule has 2 N–H and O–H groups in total. The maximum absolute atomic E-state index is 12.9. The van der Waals surface area contributed by atoms with Crippen LogP contribution in [-0.4, -0.2) is 63.9 Å². The van der Waals surface area contributed by atoms with Crippen molar-refractivity contribution in [3.8, 4) is 5.75 Å². The van der Waals surface area contributed by atoms with E-state index in [9.17, 15) is 13.2 Å². The molecule has 1 heterocycles. The van der Waals surface area contributed by atoms with Crippen molar-refractivity contribution in [3.63, 3.8) is 0 Å². The first-order valence-corrected chi connectivity index (χ1v) is 10.2. The van der Waals surface area contributed by atoms with Crippen LogP contribution in [0.1, 0.15) is 37.0 Å². The molecular formula is C18H30ClN3O4S. The normalized spacial score (nSPS) is 15.3. The Morgan fingerprint density at radius 2 is 1.89 bits per heavy atom. The summed E-state index contributed by atoms with van der Waals surface area (Å²) in [6.45, 7) is 5.87. The van der Waals surface area contributed by atoms with Gasteiger partial charge in [-0.05, 0) is 43.0 Å². The number of benzene rings is 1. The van der Waals surface area contributed by atoms with Crippen molar-refractivity contribution >= 4 is 28.3 Å². The minimum Gasteiger partial charge on any atom is -0.495 e. The Morgan fingerprint density at radius 1 is 1.30 bits per heavy atom. The smallest absolute Gasteiger partial charge is 0.253 e. The molecule has 1 saturated heterocycles. The Bertz CT molecular complexity index is 762. The van der Waals surface area contributed by atoms with Gasteiger partial charge in [0.05, 0.1) is 7.11 Å². The number of sulfonamides is 1. The molecule has 0 saturated carbocycles. The van der Waals surface area contributed by atoms with Gasteiger partial charge in [-0.25, -0.2) is 8.42 Å². The first kappa shape index (κ1) is 23.7. The molecule has 0 atom stereocenters. The van der Waals surface area contributed by atoms with Crippen LogP contribution in [0.5, 0.6) is 5.75 Å². The molecule has 0 radical (unpaired) electrons. The monoisotopic (exact) mass is 419 g/mol. The number of hydrogen-bond acceptors (Lipinski definition) is 5. The summed E-state index contributed by atoms with van der Waals surface area (Å²) >= 11 is 0. The number of rotatable bonds is 7. The third-order valence-corrected chi connectivity index (χ3v) is 6.58. The number of methoxy groups -OCH3 is 1. The van der Waals surface area contributed by atoms with Gasteiger partial charge in [0.25, 0.3) is 5.91 Å². The standard InChI is InChI=1S/C18H29N3O4S.ClH/c1-18(2,12-19)13-20(3)17(22)14-7-8-15(25-4)16(11-14)26(23,24)21-9-5-6-10-21;/h7-8,11H,5-6,9-10,12-13,19H2,1-4H3;1H. The van der Waals surface area contributed by atoms with E-state index in [4.69, 9.17) is 10.5 Å². The number of carbonyl (C=O) groups excluding carboxylic acids is 1. The predicted octanol–water partition coefficient (Wildman–Crippen LogP) is 1.96. The number of nitrogens with two attached hydrogens (primary N) is 1. The summed E-state index contributed by atoms with van der Waals surface area (Å²) in [7, 11) is -0.566. The molecule has 154 valence electrons. The zero-order valence-corrected chi connectivity index (χ0v) is 18.0. The maximum Gasteiger partial charge on any atom is 0.253 e. The lowest BCUT2D eigenvalue weighted by Gasteiger charge is -2.29. The number of carbonyl (C=O) groups is 1. The molecule has 27 heavy (non-hydrogen) atoms. The fourth-order valence-corrected chi connectivity index (χ4v) is 4.78. The third kappa shape index (κ3) is 5.34. The maximum atomic E-state index is 12.9. The first-order chi connectivity index (χ1) is 12.1. The molecule has 9 heteroatoms. The Labute approximate surface area is 168 Å². The van der Waals surface area contributed by atoms with E-state index < -0.39 is 10.0 Å². The van der Waals surface area contributed by atoms with Crippen LogP contribution in [0, 0.1) is 5.41 Å². The Kier molecular flexibility index (Phi) is 8.10. The number of hydrogen-bond donors (Lipinski definition) is 1. The van der Waals surface area contributed by atoms with Gasteiger partial charge < -0.3 is 15.4 Å². The molecule has 1 aliphatic rings. The highest BCUT2D eigenvalue weighted by molar-refractivity contribution is 7.89. The molecule has 2 rings (SSSR count). The van der Waals surface area contributed by atoms with Gasteiger partial charge in [0, 0.05) is 32.2 Å². The number of amides is 1. The summed E-state index contributed by atoms with van der Waals surface area (Å²) in [4.78, 5) is 14.4. The summed E-state index contributed by atoms with van der Waals surface area (Å²) in [6, 6.07) is 4.55. The summed E-state index contributed by atoms with van der Waals surface area (Å²) in [5, 5.41) is 0. The highest BCUT2D eigenvalue weighted by atomic mass is 35.5. The minimum atomic E-state index is -3.69. The first-order valence-electron chi connectivity index (χ1n) is 8.76. The lowest BCUT2D eigenvalue weighted by Crippen LogP contribution is -2.39. The highest BCUT2D eigenvalue weighted by Crippen LogP contribution is 2.30. The second kappa shape index (κ2) is 9.23. The zero-order chi connectivity index (χ0) is 19.5. The third-order valence-electron chi connectivity index (χ3n) is 4.66. The molecule has 1 amide bonds. The van der Waals surface area contributed by atoms with Crippen molar-refractivity contribution in [2.24, 2.45) is 11.1 Å². The Morgan fingerprint density at radius 3 is 2.41 bits per heavy atom. The minimum absolute atomic E-state index is 0. The molecule has 0 aromatic heterocycles. The van der Waals surface area contributed by atoms with E-state index in [-0.39, 0.29) is 34.4 Å². The topological polar surface area (TPSA) is 92.9 Å². The number of halogens is 1. The van der Waals surface area contributed by atoms with Crippen LogP contribution in [0.2, 0.25) is 0 Å². The van der Waals surface area contributed by atoms with Crippen LogP contribution in [0.4, 0.5) is 0 Å². The van der Waals surface area contributed by atoms with Gasteiger partial charge in [-0.2, -0.15) is 4.31 Å². The summed E-state index contributed by atoms with van der Waals surface area (Å²) in [5.74, 6) is 0.00504. The number of ether oxygens (including phenoxy) is 1. The van der Waals surface area contributed by atoms with Crippen molar-refractivity contribution in [2.45, 2.75) is 31.6 Å². The van der Waals surface area contributed by atoms with Crippen molar-refractivity contribution in [2.75, 3.05) is 40.3 Å². The average Bonchev–Trinajstić information content (AvgIpc) is 3.15. The molecule has 1 fully saturated rings. The molecule has 0 aliphatic carbocycles. The molecular weight excluding hydrogens is 390 g/mol. The van der Waals surface area contributed by atoms with E-state index in [1.807, 2.05) is 13.8 Å². The van der Waals surface area contributed by atoms with Crippen molar-refractivity contribution in [3.05, 3.63) is 23.8 Å². The van der Waals surface area contributed by atoms with E-state index in [2.05, 4.69) is 0 Å². The van der Waals surface area contributed by atoms with E-state index in [1.165, 1.54) is 23.5 Å². The van der Waals surface area contributed by atoms with Gasteiger partial charge in [0.2, 0.25) is 10.0 Å². The van der Waals surface area contributed by atoms with E-state index in [0.29, 0.717) is 31.7 Å². The fraction of sp³-hybridized carbons (Fsp3) is 0.611. The van der Waals surface area contributed by atoms with Crippen molar-refractivity contribution in [1.82, 2.24) is 9.21 Å². The van der Waals surface area contributed by atoms with Crippen LogP contribution in [0.25, 0.3) is 0 Å². The van der Waals surface area contributed by atoms with E-state index in [0.717, 1.165) is 12.8 Å². The lowest BCUT2D eigenvalue weighted by molar-refractivity contribution is 0.0740. The molecule has 0 spiro atoms. The van der Waals surface area contributed by atoms with Crippen molar-refractivity contribution in [1.29, 1.82) is 0 Å². The highest BCUT2D eigenvalue weighted by Gasteiger charge is 2.31. The zero-order valence-electron chi connectivity index (χ0n) is 16.4. The summed E-state index contributed by atoms with van der Waals surface area (Å²) in [6.07, 6.45) is 1.69. The van der Waals surface area contributed by atoms with E-state index >= 15 is 0 Å². The van der Waals surface area contributed by atoms with Gasteiger partial charge in [0.1, 0.15) is 10.6 Å². The second-order valence-corrected chi connectivity index (χ2v) is 9.41. The fourth-order valence-electron chi connectivity index (χ4n) is 3.08. The van der Waals surface area contributed by atoms with E-state index in [1.54, 1.807) is 18.0 Å². The molecule has 1 aromatic rings. The summed E-state index contributed by atoms with van der Waals surface area (Å²) < 4.78 is 32.6. The van der Waals surface area contributed by atoms with Gasteiger partial charge >= 0.3 is 0 Å². The Hall–Kier alpha value is -1.35. The predicted molar refractivity (Wildman–Crippen MR) is 108 cm³/mol. The number of nitrogens with zero attached hydrogens (tertiary/aromatic N) is 2. The van der Waals surface area contributed by atoms with Crippen molar-refractivity contribution < 1.29 is 17.9 Å². The molecule has 0 bridgehead atoms. The van der Waals surface area contributed by atoms with Gasteiger partial charge in [0.15, 0.2) is 0 Å². The Balaban J connectivity index is 0.00000364. The molecule has 1 aliphatic heterocycles. The van der Waals surface area contributed by atoms with Gasteiger partial charge in [-0.1, -0.05) is 13.8 Å². The molecule has 0 unspecified atom stereocenters. The van der Waals surface area contributed by atoms with Crippen LogP contribution < -0.4 is 10.5 Å². The largest absolute Gasteiger partial charge is 0.495 e. The summed E-state index contributed by atoms with van der Waals surface area (Å²) in [5.41, 5.74) is 5.84. The van der Waals surface area contributed by atoms with Crippen LogP contribution >= 0.6 is 12.4 Å². The average molecular weight is 420 g/mol. The molecule has 7 nitrogen and oxygen atoms in total. The van der Waals surface area contributed by atoms with Gasteiger partial charge in [-0.15, -0.1) is 12.4 Å². The lowest BCUT2D eigenvalue weighted by atomic mass is 9.93. The SMILES string of the molecule is COc1ccc(C(=O)N(C)CC(C)(C)CN)cc1S(=O)(=O)N1CCCC1.Cl. The second-order valence-electron chi connectivity index (χ2n) is 7.51. The molecule has 1 aromatic carbocycles. The van der Waals surface area contributed by atoms with Gasteiger partial charge in [-0.3, -0.25) is 4.79 Å². The quantitative estimate of drug-likeness (QED) is 0.729. The van der Waals surface area contributed by atoms with Crippen LogP contribution in [-0.2, 0) is 10.0 Å². The van der Waals surface area contributed by atoms with Crippen LogP contribution in [0.3, 0.4) is 0 Å². The van der Waals surface area contributed by atoms with Crippen LogP contribution in [0.15, 0.2) is 23.1 Å².